The molecule has 0 bridgehead atoms. The van der Waals surface area contributed by atoms with Gasteiger partial charge in [0.1, 0.15) is 6.33 Å². The van der Waals surface area contributed by atoms with Gasteiger partial charge in [0.25, 0.3) is 0 Å². The predicted octanol–water partition coefficient (Wildman–Crippen LogP) is 4.56. The third-order valence-electron chi connectivity index (χ3n) is 3.39. The van der Waals surface area contributed by atoms with Gasteiger partial charge in [0.15, 0.2) is 5.16 Å². The molecule has 2 aromatic carbocycles. The van der Waals surface area contributed by atoms with Crippen LogP contribution in [-0.4, -0.2) is 26.4 Å². The Bertz CT molecular complexity index is 915. The van der Waals surface area contributed by atoms with Gasteiger partial charge in [-0.05, 0) is 65.4 Å². The maximum absolute atomic E-state index is 12.2. The topological polar surface area (TPSA) is 59.8 Å². The van der Waals surface area contributed by atoms with Crippen molar-refractivity contribution in [3.05, 3.63) is 62.9 Å². The van der Waals surface area contributed by atoms with Crippen molar-refractivity contribution in [2.75, 3.05) is 11.1 Å². The summed E-state index contributed by atoms with van der Waals surface area (Å²) in [6, 6.07) is 13.4. The van der Waals surface area contributed by atoms with Crippen LogP contribution in [0.2, 0.25) is 5.02 Å². The molecule has 0 atom stereocenters. The molecule has 3 aromatic rings. The third kappa shape index (κ3) is 4.74. The average molecular weight is 485 g/mol. The summed E-state index contributed by atoms with van der Waals surface area (Å²) < 4.78 is 2.88. The Morgan fingerprint density at radius 2 is 2.16 bits per heavy atom. The van der Waals surface area contributed by atoms with Crippen molar-refractivity contribution in [2.24, 2.45) is 0 Å². The van der Waals surface area contributed by atoms with Crippen LogP contribution in [0.3, 0.4) is 0 Å². The summed E-state index contributed by atoms with van der Waals surface area (Å²) >= 11 is 9.72. The SMILES string of the molecule is Cc1ccc(-n2cnnc2SCC(=O)Nc2cccc(I)c2)cc1Cl. The summed E-state index contributed by atoms with van der Waals surface area (Å²) in [7, 11) is 0. The van der Waals surface area contributed by atoms with Crippen LogP contribution >= 0.6 is 46.0 Å². The number of aryl methyl sites for hydroxylation is 1. The van der Waals surface area contributed by atoms with Crippen LogP contribution in [0.4, 0.5) is 5.69 Å². The van der Waals surface area contributed by atoms with Gasteiger partial charge in [-0.2, -0.15) is 0 Å². The van der Waals surface area contributed by atoms with Crippen LogP contribution in [0.15, 0.2) is 53.9 Å². The Morgan fingerprint density at radius 3 is 2.92 bits per heavy atom. The zero-order valence-electron chi connectivity index (χ0n) is 13.2. The first-order chi connectivity index (χ1) is 12.0. The molecule has 0 saturated carbocycles. The predicted molar refractivity (Wildman–Crippen MR) is 110 cm³/mol. The molecule has 8 heteroatoms. The second-order valence-electron chi connectivity index (χ2n) is 5.26. The zero-order valence-corrected chi connectivity index (χ0v) is 17.0. The van der Waals surface area contributed by atoms with Crippen LogP contribution in [0.1, 0.15) is 5.56 Å². The first-order valence-electron chi connectivity index (χ1n) is 7.38. The number of rotatable bonds is 5. The fraction of sp³-hybridized carbons (Fsp3) is 0.118. The number of aromatic nitrogens is 3. The molecule has 0 saturated heterocycles. The van der Waals surface area contributed by atoms with E-state index in [0.717, 1.165) is 20.5 Å². The highest BCUT2D eigenvalue weighted by Crippen LogP contribution is 2.24. The average Bonchev–Trinajstić information content (AvgIpc) is 3.04. The molecule has 1 amide bonds. The summed E-state index contributed by atoms with van der Waals surface area (Å²) in [5.74, 6) is 0.146. The maximum Gasteiger partial charge on any atom is 0.234 e. The van der Waals surface area contributed by atoms with Crippen molar-refractivity contribution in [1.29, 1.82) is 0 Å². The Hall–Kier alpha value is -1.58. The molecule has 0 radical (unpaired) electrons. The summed E-state index contributed by atoms with van der Waals surface area (Å²) in [6.07, 6.45) is 1.61. The second kappa shape index (κ2) is 8.20. The summed E-state index contributed by atoms with van der Waals surface area (Å²) in [4.78, 5) is 12.2. The lowest BCUT2D eigenvalue weighted by atomic mass is 10.2. The molecule has 3 rings (SSSR count). The van der Waals surface area contributed by atoms with Crippen molar-refractivity contribution in [3.63, 3.8) is 0 Å². The molecular formula is C17H14ClIN4OS. The second-order valence-corrected chi connectivity index (χ2v) is 7.86. The highest BCUT2D eigenvalue weighted by Gasteiger charge is 2.11. The molecule has 1 aromatic heterocycles. The van der Waals surface area contributed by atoms with Crippen molar-refractivity contribution >= 4 is 57.5 Å². The minimum absolute atomic E-state index is 0.0940. The van der Waals surface area contributed by atoms with E-state index in [2.05, 4.69) is 38.1 Å². The van der Waals surface area contributed by atoms with E-state index in [0.29, 0.717) is 10.2 Å². The molecule has 5 nitrogen and oxygen atoms in total. The molecule has 1 N–H and O–H groups in total. The van der Waals surface area contributed by atoms with Gasteiger partial charge in [0, 0.05) is 14.3 Å². The monoisotopic (exact) mass is 484 g/mol. The van der Waals surface area contributed by atoms with Crippen molar-refractivity contribution < 1.29 is 4.79 Å². The Balaban J connectivity index is 1.67. The number of hydrogen-bond donors (Lipinski definition) is 1. The van der Waals surface area contributed by atoms with Gasteiger partial charge in [0.2, 0.25) is 5.91 Å². The number of halogens is 2. The number of hydrogen-bond acceptors (Lipinski definition) is 4. The van der Waals surface area contributed by atoms with Gasteiger partial charge >= 0.3 is 0 Å². The minimum atomic E-state index is -0.0940. The van der Waals surface area contributed by atoms with Crippen LogP contribution < -0.4 is 5.32 Å². The minimum Gasteiger partial charge on any atom is -0.325 e. The molecule has 128 valence electrons. The largest absolute Gasteiger partial charge is 0.325 e. The molecule has 25 heavy (non-hydrogen) atoms. The molecule has 0 unspecified atom stereocenters. The quantitative estimate of drug-likeness (QED) is 0.426. The van der Waals surface area contributed by atoms with E-state index in [1.807, 2.05) is 54.0 Å². The molecule has 0 aliphatic carbocycles. The first kappa shape index (κ1) is 18.2. The van der Waals surface area contributed by atoms with Gasteiger partial charge in [-0.25, -0.2) is 0 Å². The van der Waals surface area contributed by atoms with E-state index in [4.69, 9.17) is 11.6 Å². The third-order valence-corrected chi connectivity index (χ3v) is 5.41. The number of carbonyl (C=O) groups excluding carboxylic acids is 1. The number of thioether (sulfide) groups is 1. The summed E-state index contributed by atoms with van der Waals surface area (Å²) in [6.45, 7) is 1.95. The normalized spacial score (nSPS) is 10.7. The first-order valence-corrected chi connectivity index (χ1v) is 9.82. The highest BCUT2D eigenvalue weighted by molar-refractivity contribution is 14.1. The maximum atomic E-state index is 12.2. The van der Waals surface area contributed by atoms with E-state index in [1.54, 1.807) is 6.33 Å². The van der Waals surface area contributed by atoms with Gasteiger partial charge in [-0.1, -0.05) is 35.5 Å². The molecule has 0 fully saturated rings. The number of nitrogens with zero attached hydrogens (tertiary/aromatic N) is 3. The number of nitrogens with one attached hydrogen (secondary N) is 1. The van der Waals surface area contributed by atoms with E-state index in [9.17, 15) is 4.79 Å². The number of anilines is 1. The van der Waals surface area contributed by atoms with Crippen LogP contribution in [0.5, 0.6) is 0 Å². The zero-order chi connectivity index (χ0) is 17.8. The smallest absolute Gasteiger partial charge is 0.234 e. The standard InChI is InChI=1S/C17H14ClIN4OS/c1-11-5-6-14(8-15(11)18)23-10-20-22-17(23)25-9-16(24)21-13-4-2-3-12(19)7-13/h2-8,10H,9H2,1H3,(H,21,24). The van der Waals surface area contributed by atoms with Gasteiger partial charge in [-0.15, -0.1) is 10.2 Å². The van der Waals surface area contributed by atoms with Crippen molar-refractivity contribution in [3.8, 4) is 5.69 Å². The van der Waals surface area contributed by atoms with Gasteiger partial charge in [-0.3, -0.25) is 9.36 Å². The Kier molecular flexibility index (Phi) is 5.98. The molecular weight excluding hydrogens is 471 g/mol. The molecule has 0 spiro atoms. The fourth-order valence-electron chi connectivity index (χ4n) is 2.12. The summed E-state index contributed by atoms with van der Waals surface area (Å²) in [5, 5.41) is 12.2. The number of benzene rings is 2. The van der Waals surface area contributed by atoms with Crippen LogP contribution in [-0.2, 0) is 4.79 Å². The molecule has 0 aliphatic rings. The fourth-order valence-corrected chi connectivity index (χ4v) is 3.57. The van der Waals surface area contributed by atoms with Crippen LogP contribution in [0.25, 0.3) is 5.69 Å². The van der Waals surface area contributed by atoms with Crippen molar-refractivity contribution in [1.82, 2.24) is 14.8 Å². The Morgan fingerprint density at radius 1 is 1.32 bits per heavy atom. The van der Waals surface area contributed by atoms with E-state index >= 15 is 0 Å². The lowest BCUT2D eigenvalue weighted by Crippen LogP contribution is -2.14. The number of amides is 1. The lowest BCUT2D eigenvalue weighted by molar-refractivity contribution is -0.113. The van der Waals surface area contributed by atoms with Crippen molar-refractivity contribution in [2.45, 2.75) is 12.1 Å². The number of carbonyl (C=O) groups is 1. The summed E-state index contributed by atoms with van der Waals surface area (Å²) in [5.41, 5.74) is 2.65. The van der Waals surface area contributed by atoms with E-state index < -0.39 is 0 Å². The lowest BCUT2D eigenvalue weighted by Gasteiger charge is -2.08. The van der Waals surface area contributed by atoms with Gasteiger partial charge < -0.3 is 5.32 Å². The Labute approximate surface area is 168 Å². The molecule has 0 aliphatic heterocycles. The molecule has 1 heterocycles. The van der Waals surface area contributed by atoms with Gasteiger partial charge in [0.05, 0.1) is 11.4 Å². The van der Waals surface area contributed by atoms with Crippen LogP contribution in [0, 0.1) is 10.5 Å². The van der Waals surface area contributed by atoms with E-state index in [1.165, 1.54) is 11.8 Å². The highest BCUT2D eigenvalue weighted by atomic mass is 127. The van der Waals surface area contributed by atoms with E-state index in [-0.39, 0.29) is 11.7 Å².